The Labute approximate surface area is 176 Å². The van der Waals surface area contributed by atoms with Crippen molar-refractivity contribution in [2.75, 3.05) is 0 Å². The Morgan fingerprint density at radius 2 is 1.40 bits per heavy atom. The number of ether oxygens (including phenoxy) is 3. The summed E-state index contributed by atoms with van der Waals surface area (Å²) in [7, 11) is 0. The minimum atomic E-state index is -0.840. The van der Waals surface area contributed by atoms with Crippen LogP contribution in [-0.2, 0) is 9.47 Å². The Bertz CT molecular complexity index is 975. The van der Waals surface area contributed by atoms with E-state index in [1.54, 1.807) is 27.7 Å². The van der Waals surface area contributed by atoms with Crippen LogP contribution in [0.2, 0.25) is 0 Å². The maximum absolute atomic E-state index is 12.5. The highest BCUT2D eigenvalue weighted by atomic mass is 32.1. The van der Waals surface area contributed by atoms with Crippen LogP contribution in [0.5, 0.6) is 5.75 Å². The summed E-state index contributed by atoms with van der Waals surface area (Å²) in [5.74, 6) is -2.34. The van der Waals surface area contributed by atoms with Gasteiger partial charge >= 0.3 is 17.9 Å². The van der Waals surface area contributed by atoms with Crippen molar-refractivity contribution < 1.29 is 33.5 Å². The highest BCUT2D eigenvalue weighted by molar-refractivity contribution is 7.16. The highest BCUT2D eigenvalue weighted by Crippen LogP contribution is 2.37. The molecule has 160 valence electrons. The number of rotatable bonds is 7. The van der Waals surface area contributed by atoms with Gasteiger partial charge < -0.3 is 14.2 Å². The molecule has 1 aromatic carbocycles. The lowest BCUT2D eigenvalue weighted by atomic mass is 10.2. The summed E-state index contributed by atoms with van der Waals surface area (Å²) >= 11 is 0.814. The molecule has 1 aromatic heterocycles. The Kier molecular flexibility index (Phi) is 7.28. The summed E-state index contributed by atoms with van der Waals surface area (Å²) in [5, 5.41) is 10.8. The van der Waals surface area contributed by atoms with Gasteiger partial charge in [0.05, 0.1) is 22.7 Å². The number of carbonyl (C=O) groups is 3. The first kappa shape index (κ1) is 23.0. The third-order valence-corrected chi connectivity index (χ3v) is 4.89. The van der Waals surface area contributed by atoms with Crippen molar-refractivity contribution in [1.29, 1.82) is 0 Å². The van der Waals surface area contributed by atoms with Crippen LogP contribution in [0.1, 0.15) is 63.0 Å². The molecule has 0 bridgehead atoms. The third-order valence-electron chi connectivity index (χ3n) is 3.66. The van der Waals surface area contributed by atoms with E-state index in [2.05, 4.69) is 0 Å². The fourth-order valence-electron chi connectivity index (χ4n) is 2.36. The standard InChI is InChI=1S/C20H21NO8S/c1-10(2)27-19(23)16-12(5)15(17(30-16)20(24)28-11(3)4)29-18(22)13-6-8-14(9-7-13)21(25)26/h6-11H,1-5H3. The summed E-state index contributed by atoms with van der Waals surface area (Å²) in [5.41, 5.74) is 0.121. The van der Waals surface area contributed by atoms with Crippen molar-refractivity contribution >= 4 is 34.9 Å². The highest BCUT2D eigenvalue weighted by Gasteiger charge is 2.30. The molecule has 0 aliphatic carbocycles. The third kappa shape index (κ3) is 5.41. The zero-order valence-corrected chi connectivity index (χ0v) is 17.9. The molecule has 2 aromatic rings. The number of nitro groups is 1. The van der Waals surface area contributed by atoms with E-state index >= 15 is 0 Å². The molecule has 10 heteroatoms. The maximum Gasteiger partial charge on any atom is 0.352 e. The topological polar surface area (TPSA) is 122 Å². The Morgan fingerprint density at radius 1 is 0.900 bits per heavy atom. The molecule has 2 rings (SSSR count). The van der Waals surface area contributed by atoms with Crippen molar-refractivity contribution in [2.45, 2.75) is 46.8 Å². The molecule has 0 saturated heterocycles. The number of thiophene rings is 1. The lowest BCUT2D eigenvalue weighted by molar-refractivity contribution is -0.384. The zero-order chi connectivity index (χ0) is 22.6. The molecule has 0 spiro atoms. The van der Waals surface area contributed by atoms with E-state index in [-0.39, 0.29) is 38.4 Å². The quantitative estimate of drug-likeness (QED) is 0.358. The number of non-ortho nitro benzene ring substituents is 1. The molecule has 0 atom stereocenters. The van der Waals surface area contributed by atoms with Gasteiger partial charge in [0.2, 0.25) is 0 Å². The summed E-state index contributed by atoms with van der Waals surface area (Å²) in [6.45, 7) is 8.22. The number of benzene rings is 1. The van der Waals surface area contributed by atoms with Crippen LogP contribution >= 0.6 is 11.3 Å². The van der Waals surface area contributed by atoms with Gasteiger partial charge in [-0.1, -0.05) is 0 Å². The average molecular weight is 435 g/mol. The minimum absolute atomic E-state index is 0.0423. The molecule has 0 fully saturated rings. The van der Waals surface area contributed by atoms with Gasteiger partial charge in [-0.05, 0) is 46.8 Å². The van der Waals surface area contributed by atoms with Crippen LogP contribution in [0, 0.1) is 17.0 Å². The molecule has 0 amide bonds. The second-order valence-electron chi connectivity index (χ2n) is 6.82. The van der Waals surface area contributed by atoms with Crippen LogP contribution in [0.15, 0.2) is 24.3 Å². The molecular formula is C20H21NO8S. The lowest BCUT2D eigenvalue weighted by Crippen LogP contribution is -2.14. The van der Waals surface area contributed by atoms with Gasteiger partial charge in [-0.25, -0.2) is 14.4 Å². The van der Waals surface area contributed by atoms with Gasteiger partial charge in [-0.3, -0.25) is 10.1 Å². The van der Waals surface area contributed by atoms with Crippen LogP contribution in [0.4, 0.5) is 5.69 Å². The van der Waals surface area contributed by atoms with E-state index < -0.39 is 28.9 Å². The first-order valence-electron chi connectivity index (χ1n) is 9.03. The SMILES string of the molecule is Cc1c(C(=O)OC(C)C)sc(C(=O)OC(C)C)c1OC(=O)c1ccc([N+](=O)[O-])cc1. The molecule has 0 unspecified atom stereocenters. The molecule has 1 heterocycles. The summed E-state index contributed by atoms with van der Waals surface area (Å²) < 4.78 is 15.8. The molecular weight excluding hydrogens is 414 g/mol. The normalized spacial score (nSPS) is 10.8. The minimum Gasteiger partial charge on any atom is -0.459 e. The number of hydrogen-bond acceptors (Lipinski definition) is 9. The van der Waals surface area contributed by atoms with Crippen molar-refractivity contribution in [1.82, 2.24) is 0 Å². The largest absolute Gasteiger partial charge is 0.459 e. The molecule has 9 nitrogen and oxygen atoms in total. The molecule has 0 N–H and O–H groups in total. The molecule has 30 heavy (non-hydrogen) atoms. The fraction of sp³-hybridized carbons (Fsp3) is 0.350. The van der Waals surface area contributed by atoms with Gasteiger partial charge in [0.1, 0.15) is 4.88 Å². The fourth-order valence-corrected chi connectivity index (χ4v) is 3.36. The van der Waals surface area contributed by atoms with E-state index in [1.165, 1.54) is 19.1 Å². The van der Waals surface area contributed by atoms with Crippen LogP contribution in [0.3, 0.4) is 0 Å². The Balaban J connectivity index is 2.41. The smallest absolute Gasteiger partial charge is 0.352 e. The van der Waals surface area contributed by atoms with Gasteiger partial charge in [-0.15, -0.1) is 11.3 Å². The van der Waals surface area contributed by atoms with Gasteiger partial charge in [0.15, 0.2) is 10.6 Å². The predicted molar refractivity (Wildman–Crippen MR) is 108 cm³/mol. The van der Waals surface area contributed by atoms with Crippen molar-refractivity contribution in [3.05, 3.63) is 55.3 Å². The average Bonchev–Trinajstić information content (AvgIpc) is 2.97. The van der Waals surface area contributed by atoms with E-state index in [0.29, 0.717) is 0 Å². The van der Waals surface area contributed by atoms with Crippen LogP contribution < -0.4 is 4.74 Å². The second-order valence-corrected chi connectivity index (χ2v) is 7.84. The van der Waals surface area contributed by atoms with Gasteiger partial charge in [-0.2, -0.15) is 0 Å². The van der Waals surface area contributed by atoms with Crippen molar-refractivity contribution in [3.8, 4) is 5.75 Å². The van der Waals surface area contributed by atoms with E-state index in [0.717, 1.165) is 23.5 Å². The Morgan fingerprint density at radius 3 is 1.87 bits per heavy atom. The van der Waals surface area contributed by atoms with Crippen molar-refractivity contribution in [3.63, 3.8) is 0 Å². The zero-order valence-electron chi connectivity index (χ0n) is 17.1. The summed E-state index contributed by atoms with van der Waals surface area (Å²) in [4.78, 5) is 47.7. The molecule has 0 aliphatic heterocycles. The Hall–Kier alpha value is -3.27. The monoisotopic (exact) mass is 435 g/mol. The lowest BCUT2D eigenvalue weighted by Gasteiger charge is -2.09. The van der Waals surface area contributed by atoms with E-state index in [9.17, 15) is 24.5 Å². The van der Waals surface area contributed by atoms with E-state index in [4.69, 9.17) is 14.2 Å². The van der Waals surface area contributed by atoms with Crippen LogP contribution in [-0.4, -0.2) is 35.0 Å². The predicted octanol–water partition coefficient (Wildman–Crippen LogP) is 4.31. The van der Waals surface area contributed by atoms with E-state index in [1.807, 2.05) is 0 Å². The first-order valence-corrected chi connectivity index (χ1v) is 9.84. The van der Waals surface area contributed by atoms with Gasteiger partial charge in [0.25, 0.3) is 5.69 Å². The number of hydrogen-bond donors (Lipinski definition) is 0. The summed E-state index contributed by atoms with van der Waals surface area (Å²) in [6, 6.07) is 4.80. The molecule has 0 saturated carbocycles. The first-order chi connectivity index (χ1) is 14.0. The van der Waals surface area contributed by atoms with Gasteiger partial charge in [0, 0.05) is 17.7 Å². The second kappa shape index (κ2) is 9.49. The number of nitrogens with zero attached hydrogens (tertiary/aromatic N) is 1. The van der Waals surface area contributed by atoms with Crippen molar-refractivity contribution in [2.24, 2.45) is 0 Å². The summed E-state index contributed by atoms with van der Waals surface area (Å²) in [6.07, 6.45) is -0.805. The number of nitro benzene ring substituents is 1. The number of carbonyl (C=O) groups excluding carboxylic acids is 3. The maximum atomic E-state index is 12.5. The van der Waals surface area contributed by atoms with Crippen LogP contribution in [0.25, 0.3) is 0 Å². The molecule has 0 radical (unpaired) electrons. The molecule has 0 aliphatic rings. The number of esters is 3.